The third-order valence-electron chi connectivity index (χ3n) is 4.83. The molecule has 2 aromatic rings. The highest BCUT2D eigenvalue weighted by Crippen LogP contribution is 2.29. The Morgan fingerprint density at radius 1 is 1.19 bits per heavy atom. The Hall–Kier alpha value is -2.25. The number of fused-ring (bicyclic) bond motifs is 1. The van der Waals surface area contributed by atoms with Crippen molar-refractivity contribution < 1.29 is 17.6 Å². The van der Waals surface area contributed by atoms with Crippen LogP contribution in [0.3, 0.4) is 0 Å². The molecule has 0 radical (unpaired) electrons. The van der Waals surface area contributed by atoms with Crippen LogP contribution in [0.4, 0.5) is 4.39 Å². The number of nitrogens with one attached hydrogen (secondary N) is 1. The number of carbonyl (C=O) groups is 1. The molecule has 1 aliphatic carbocycles. The molecule has 0 unspecified atom stereocenters. The van der Waals surface area contributed by atoms with Crippen LogP contribution in [-0.2, 0) is 21.2 Å². The molecule has 144 valence electrons. The van der Waals surface area contributed by atoms with Crippen LogP contribution < -0.4 is 5.32 Å². The van der Waals surface area contributed by atoms with E-state index >= 15 is 0 Å². The van der Waals surface area contributed by atoms with Crippen molar-refractivity contribution in [3.05, 3.63) is 65.5 Å². The summed E-state index contributed by atoms with van der Waals surface area (Å²) in [6.45, 7) is 1.55. The second-order valence-corrected chi connectivity index (χ2v) is 8.53. The zero-order valence-electron chi connectivity index (χ0n) is 15.2. The van der Waals surface area contributed by atoms with Gasteiger partial charge in [-0.1, -0.05) is 31.2 Å². The zero-order valence-corrected chi connectivity index (χ0v) is 16.0. The second-order valence-electron chi connectivity index (χ2n) is 6.60. The Morgan fingerprint density at radius 2 is 1.89 bits per heavy atom. The number of hydrogen-bond acceptors (Lipinski definition) is 3. The molecule has 0 aromatic heterocycles. The summed E-state index contributed by atoms with van der Waals surface area (Å²) in [7, 11) is -3.86. The van der Waals surface area contributed by atoms with Gasteiger partial charge in [-0.15, -0.1) is 0 Å². The number of halogens is 1. The first-order chi connectivity index (χ1) is 12.9. The second kappa shape index (κ2) is 8.19. The van der Waals surface area contributed by atoms with Gasteiger partial charge in [0.2, 0.25) is 15.9 Å². The molecule has 1 atom stereocenters. The van der Waals surface area contributed by atoms with Crippen molar-refractivity contribution in [3.63, 3.8) is 0 Å². The lowest BCUT2D eigenvalue weighted by atomic mass is 9.88. The van der Waals surface area contributed by atoms with E-state index in [0.717, 1.165) is 41.3 Å². The summed E-state index contributed by atoms with van der Waals surface area (Å²) in [5, 5.41) is 2.97. The third-order valence-corrected chi connectivity index (χ3v) is 6.76. The summed E-state index contributed by atoms with van der Waals surface area (Å²) in [6.07, 6.45) is 2.80. The molecular weight excluding hydrogens is 367 g/mol. The number of carbonyl (C=O) groups excluding carboxylic acids is 1. The van der Waals surface area contributed by atoms with Gasteiger partial charge in [0.25, 0.3) is 0 Å². The first-order valence-corrected chi connectivity index (χ1v) is 10.5. The highest BCUT2D eigenvalue weighted by atomic mass is 32.2. The average Bonchev–Trinajstić information content (AvgIpc) is 2.66. The van der Waals surface area contributed by atoms with E-state index in [1.54, 1.807) is 6.92 Å². The predicted molar refractivity (Wildman–Crippen MR) is 101 cm³/mol. The summed E-state index contributed by atoms with van der Waals surface area (Å²) in [5.74, 6) is -0.852. The van der Waals surface area contributed by atoms with Gasteiger partial charge in [-0.25, -0.2) is 12.8 Å². The first-order valence-electron chi connectivity index (χ1n) is 9.04. The summed E-state index contributed by atoms with van der Waals surface area (Å²) in [5.41, 5.74) is 2.32. The molecule has 1 amide bonds. The van der Waals surface area contributed by atoms with E-state index in [9.17, 15) is 17.6 Å². The van der Waals surface area contributed by atoms with Crippen molar-refractivity contribution in [1.29, 1.82) is 0 Å². The number of hydrogen-bond donors (Lipinski definition) is 1. The maximum atomic E-state index is 13.1. The summed E-state index contributed by atoms with van der Waals surface area (Å²) in [6, 6.07) is 12.5. The third kappa shape index (κ3) is 4.36. The van der Waals surface area contributed by atoms with Crippen LogP contribution in [-0.4, -0.2) is 31.7 Å². The van der Waals surface area contributed by atoms with Crippen LogP contribution in [0.5, 0.6) is 0 Å². The van der Waals surface area contributed by atoms with Gasteiger partial charge >= 0.3 is 0 Å². The maximum absolute atomic E-state index is 13.1. The number of rotatable bonds is 6. The molecule has 0 bridgehead atoms. The number of likely N-dealkylation sites (N-methyl/N-ethyl adjacent to an activating group) is 1. The number of sulfonamides is 1. The van der Waals surface area contributed by atoms with E-state index in [-0.39, 0.29) is 29.9 Å². The minimum atomic E-state index is -3.86. The van der Waals surface area contributed by atoms with Gasteiger partial charge < -0.3 is 5.32 Å². The predicted octanol–water partition coefficient (Wildman–Crippen LogP) is 3.03. The lowest BCUT2D eigenvalue weighted by molar-refractivity contribution is -0.122. The van der Waals surface area contributed by atoms with Gasteiger partial charge in [-0.2, -0.15) is 4.31 Å². The average molecular weight is 390 g/mol. The van der Waals surface area contributed by atoms with Crippen molar-refractivity contribution in [1.82, 2.24) is 9.62 Å². The summed E-state index contributed by atoms with van der Waals surface area (Å²) < 4.78 is 39.6. The van der Waals surface area contributed by atoms with Crippen molar-refractivity contribution in [2.45, 2.75) is 37.1 Å². The minimum Gasteiger partial charge on any atom is -0.348 e. The van der Waals surface area contributed by atoms with E-state index in [1.807, 2.05) is 18.2 Å². The van der Waals surface area contributed by atoms with E-state index in [1.165, 1.54) is 17.7 Å². The van der Waals surface area contributed by atoms with Gasteiger partial charge in [-0.05, 0) is 54.7 Å². The topological polar surface area (TPSA) is 66.5 Å². The van der Waals surface area contributed by atoms with Crippen LogP contribution in [0.25, 0.3) is 0 Å². The molecule has 0 saturated heterocycles. The lowest BCUT2D eigenvalue weighted by Crippen LogP contribution is -2.42. The van der Waals surface area contributed by atoms with Crippen LogP contribution in [0.15, 0.2) is 53.4 Å². The Bertz CT molecular complexity index is 913. The monoisotopic (exact) mass is 390 g/mol. The Kier molecular flexibility index (Phi) is 5.92. The Labute approximate surface area is 159 Å². The quantitative estimate of drug-likeness (QED) is 0.825. The largest absolute Gasteiger partial charge is 0.348 e. The van der Waals surface area contributed by atoms with Crippen LogP contribution >= 0.6 is 0 Å². The van der Waals surface area contributed by atoms with Crippen LogP contribution in [0, 0.1) is 5.82 Å². The van der Waals surface area contributed by atoms with Gasteiger partial charge in [0, 0.05) is 6.54 Å². The van der Waals surface area contributed by atoms with Gasteiger partial charge in [0.1, 0.15) is 5.82 Å². The number of aryl methyl sites for hydroxylation is 1. The summed E-state index contributed by atoms with van der Waals surface area (Å²) >= 11 is 0. The standard InChI is InChI=1S/C20H23FN2O3S/c1-2-23(27(25,26)17-12-10-16(21)11-13-17)14-20(24)22-19-9-5-7-15-6-3-4-8-18(15)19/h3-4,6,8,10-13,19H,2,5,7,9,14H2,1H3,(H,22,24)/t19-/m0/s1. The lowest BCUT2D eigenvalue weighted by Gasteiger charge is -2.27. The van der Waals surface area contributed by atoms with Gasteiger partial charge in [0.15, 0.2) is 0 Å². The molecule has 2 aromatic carbocycles. The minimum absolute atomic E-state index is 0.0263. The smallest absolute Gasteiger partial charge is 0.243 e. The van der Waals surface area contributed by atoms with Crippen molar-refractivity contribution in [2.75, 3.05) is 13.1 Å². The molecule has 0 fully saturated rings. The molecule has 27 heavy (non-hydrogen) atoms. The first kappa shape index (κ1) is 19.5. The fraction of sp³-hybridized carbons (Fsp3) is 0.350. The molecule has 0 saturated carbocycles. The molecule has 7 heteroatoms. The normalized spacial score (nSPS) is 16.8. The molecular formula is C20H23FN2O3S. The van der Waals surface area contributed by atoms with E-state index in [4.69, 9.17) is 0 Å². The zero-order chi connectivity index (χ0) is 19.4. The number of benzene rings is 2. The molecule has 0 aliphatic heterocycles. The van der Waals surface area contributed by atoms with Crippen LogP contribution in [0.2, 0.25) is 0 Å². The number of nitrogens with zero attached hydrogens (tertiary/aromatic N) is 1. The molecule has 1 aliphatic rings. The van der Waals surface area contributed by atoms with Crippen molar-refractivity contribution in [3.8, 4) is 0 Å². The van der Waals surface area contributed by atoms with E-state index < -0.39 is 15.8 Å². The van der Waals surface area contributed by atoms with E-state index in [2.05, 4.69) is 11.4 Å². The Balaban J connectivity index is 1.72. The molecule has 5 nitrogen and oxygen atoms in total. The van der Waals surface area contributed by atoms with Crippen molar-refractivity contribution in [2.24, 2.45) is 0 Å². The highest BCUT2D eigenvalue weighted by molar-refractivity contribution is 7.89. The highest BCUT2D eigenvalue weighted by Gasteiger charge is 2.27. The Morgan fingerprint density at radius 3 is 2.59 bits per heavy atom. The van der Waals surface area contributed by atoms with Crippen molar-refractivity contribution >= 4 is 15.9 Å². The molecule has 3 rings (SSSR count). The maximum Gasteiger partial charge on any atom is 0.243 e. The van der Waals surface area contributed by atoms with Gasteiger partial charge in [0.05, 0.1) is 17.5 Å². The van der Waals surface area contributed by atoms with E-state index in [0.29, 0.717) is 0 Å². The van der Waals surface area contributed by atoms with Gasteiger partial charge in [-0.3, -0.25) is 4.79 Å². The fourth-order valence-corrected chi connectivity index (χ4v) is 4.83. The molecule has 1 N–H and O–H groups in total. The summed E-state index contributed by atoms with van der Waals surface area (Å²) in [4.78, 5) is 12.5. The SMILES string of the molecule is CCN(CC(=O)N[C@H]1CCCc2ccccc21)S(=O)(=O)c1ccc(F)cc1. The molecule has 0 spiro atoms. The fourth-order valence-electron chi connectivity index (χ4n) is 3.43. The number of amides is 1. The van der Waals surface area contributed by atoms with Crippen LogP contribution in [0.1, 0.15) is 36.9 Å². The molecule has 0 heterocycles.